The number of morpholine rings is 1. The number of rotatable bonds is 4. The molecule has 2 aliphatic rings. The summed E-state index contributed by atoms with van der Waals surface area (Å²) < 4.78 is 12.1. The van der Waals surface area contributed by atoms with Gasteiger partial charge in [-0.2, -0.15) is 0 Å². The maximum absolute atomic E-state index is 12.0. The molecule has 1 N–H and O–H groups in total. The quantitative estimate of drug-likeness (QED) is 0.872. The third-order valence-corrected chi connectivity index (χ3v) is 4.74. The van der Waals surface area contributed by atoms with Crippen LogP contribution in [0.15, 0.2) is 60.4 Å². The average Bonchev–Trinajstić information content (AvgIpc) is 2.68. The van der Waals surface area contributed by atoms with E-state index in [0.29, 0.717) is 13.0 Å². The van der Waals surface area contributed by atoms with E-state index in [1.807, 2.05) is 54.6 Å². The molecule has 128 valence electrons. The van der Waals surface area contributed by atoms with Gasteiger partial charge in [0.25, 0.3) is 0 Å². The Morgan fingerprint density at radius 2 is 1.88 bits per heavy atom. The van der Waals surface area contributed by atoms with Crippen LogP contribution < -0.4 is 10.1 Å². The van der Waals surface area contributed by atoms with Crippen molar-refractivity contribution in [2.75, 3.05) is 19.7 Å². The number of aldehydes is 1. The molecule has 0 amide bonds. The molecule has 2 atom stereocenters. The number of nitrogens with one attached hydrogen (secondary N) is 1. The number of allylic oxidation sites excluding steroid dienone is 1. The lowest BCUT2D eigenvalue weighted by Gasteiger charge is -2.31. The topological polar surface area (TPSA) is 47.6 Å². The van der Waals surface area contributed by atoms with Crippen molar-refractivity contribution in [3.05, 3.63) is 71.5 Å². The number of fused-ring (bicyclic) bond motifs is 1. The Kier molecular flexibility index (Phi) is 4.63. The van der Waals surface area contributed by atoms with Gasteiger partial charge in [0.1, 0.15) is 17.8 Å². The number of hydrogen-bond donors (Lipinski definition) is 1. The molecule has 25 heavy (non-hydrogen) atoms. The van der Waals surface area contributed by atoms with Crippen molar-refractivity contribution in [2.24, 2.45) is 0 Å². The average molecular weight is 335 g/mol. The second kappa shape index (κ2) is 7.21. The van der Waals surface area contributed by atoms with E-state index in [2.05, 4.69) is 5.32 Å². The van der Waals surface area contributed by atoms with Gasteiger partial charge in [-0.05, 0) is 11.6 Å². The van der Waals surface area contributed by atoms with Crippen molar-refractivity contribution >= 4 is 11.9 Å². The lowest BCUT2D eigenvalue weighted by atomic mass is 9.83. The first-order valence-corrected chi connectivity index (χ1v) is 8.69. The van der Waals surface area contributed by atoms with Crippen molar-refractivity contribution in [2.45, 2.75) is 18.4 Å². The molecule has 0 saturated carbocycles. The minimum absolute atomic E-state index is 0.0556. The summed E-state index contributed by atoms with van der Waals surface area (Å²) >= 11 is 0. The Balaban J connectivity index is 1.78. The van der Waals surface area contributed by atoms with Crippen LogP contribution in [0.4, 0.5) is 0 Å². The lowest BCUT2D eigenvalue weighted by Crippen LogP contribution is -2.39. The zero-order chi connectivity index (χ0) is 17.1. The number of para-hydroxylation sites is 1. The van der Waals surface area contributed by atoms with Gasteiger partial charge in [-0.15, -0.1) is 0 Å². The zero-order valence-electron chi connectivity index (χ0n) is 14.0. The molecule has 2 aliphatic heterocycles. The number of ether oxygens (including phenoxy) is 2. The summed E-state index contributed by atoms with van der Waals surface area (Å²) in [4.78, 5) is 12.0. The van der Waals surface area contributed by atoms with Crippen molar-refractivity contribution in [1.29, 1.82) is 0 Å². The molecular formula is C21H21NO3. The van der Waals surface area contributed by atoms with Crippen LogP contribution in [0.25, 0.3) is 5.57 Å². The van der Waals surface area contributed by atoms with Gasteiger partial charge in [-0.25, -0.2) is 0 Å². The minimum atomic E-state index is -0.320. The summed E-state index contributed by atoms with van der Waals surface area (Å²) in [6.07, 6.45) is 1.72. The molecule has 4 nitrogen and oxygen atoms in total. The molecule has 2 heterocycles. The molecular weight excluding hydrogens is 314 g/mol. The van der Waals surface area contributed by atoms with Crippen LogP contribution in [0.1, 0.15) is 23.5 Å². The van der Waals surface area contributed by atoms with Gasteiger partial charge in [0.15, 0.2) is 0 Å². The molecule has 0 radical (unpaired) electrons. The highest BCUT2D eigenvalue weighted by Crippen LogP contribution is 2.43. The van der Waals surface area contributed by atoms with E-state index in [0.717, 1.165) is 47.6 Å². The second-order valence-electron chi connectivity index (χ2n) is 6.36. The predicted molar refractivity (Wildman–Crippen MR) is 96.5 cm³/mol. The summed E-state index contributed by atoms with van der Waals surface area (Å²) in [6, 6.07) is 17.8. The van der Waals surface area contributed by atoms with Crippen molar-refractivity contribution in [1.82, 2.24) is 5.32 Å². The molecule has 0 aliphatic carbocycles. The van der Waals surface area contributed by atoms with Gasteiger partial charge in [-0.3, -0.25) is 0 Å². The van der Waals surface area contributed by atoms with Crippen LogP contribution >= 0.6 is 0 Å². The Hall–Kier alpha value is -2.43. The first-order valence-electron chi connectivity index (χ1n) is 8.69. The molecule has 0 spiro atoms. The minimum Gasteiger partial charge on any atom is -0.461 e. The number of carbonyl (C=O) groups excluding carboxylic acids is 1. The number of carbonyl (C=O) groups is 1. The largest absolute Gasteiger partial charge is 0.461 e. The third kappa shape index (κ3) is 3.23. The van der Waals surface area contributed by atoms with E-state index >= 15 is 0 Å². The SMILES string of the molecule is O=CC1C(c2ccccc2)=C(CC2CNCCO2)Oc2ccccc21. The van der Waals surface area contributed by atoms with E-state index in [-0.39, 0.29) is 12.0 Å². The van der Waals surface area contributed by atoms with Gasteiger partial charge >= 0.3 is 0 Å². The summed E-state index contributed by atoms with van der Waals surface area (Å²) in [5, 5.41) is 3.35. The fourth-order valence-corrected chi connectivity index (χ4v) is 3.56. The van der Waals surface area contributed by atoms with Crippen LogP contribution in [0, 0.1) is 0 Å². The lowest BCUT2D eigenvalue weighted by molar-refractivity contribution is -0.108. The Bertz CT molecular complexity index is 779. The van der Waals surface area contributed by atoms with Gasteiger partial charge in [0, 0.05) is 30.6 Å². The monoisotopic (exact) mass is 335 g/mol. The van der Waals surface area contributed by atoms with Gasteiger partial charge in [0.05, 0.1) is 18.6 Å². The van der Waals surface area contributed by atoms with Crippen LogP contribution in [-0.2, 0) is 9.53 Å². The van der Waals surface area contributed by atoms with Crippen LogP contribution in [0.2, 0.25) is 0 Å². The Labute approximate surface area is 147 Å². The maximum Gasteiger partial charge on any atom is 0.132 e. The highest BCUT2D eigenvalue weighted by Gasteiger charge is 2.31. The van der Waals surface area contributed by atoms with Crippen molar-refractivity contribution < 1.29 is 14.3 Å². The van der Waals surface area contributed by atoms with E-state index in [9.17, 15) is 4.79 Å². The van der Waals surface area contributed by atoms with Crippen LogP contribution in [-0.4, -0.2) is 32.1 Å². The summed E-state index contributed by atoms with van der Waals surface area (Å²) in [5.41, 5.74) is 2.89. The molecule has 1 saturated heterocycles. The van der Waals surface area contributed by atoms with Crippen molar-refractivity contribution in [3.63, 3.8) is 0 Å². The fourth-order valence-electron chi connectivity index (χ4n) is 3.56. The smallest absolute Gasteiger partial charge is 0.132 e. The zero-order valence-corrected chi connectivity index (χ0v) is 14.0. The maximum atomic E-state index is 12.0. The van der Waals surface area contributed by atoms with E-state index < -0.39 is 0 Å². The van der Waals surface area contributed by atoms with Gasteiger partial charge < -0.3 is 19.6 Å². The molecule has 1 fully saturated rings. The van der Waals surface area contributed by atoms with Crippen LogP contribution in [0.5, 0.6) is 5.75 Å². The molecule has 2 unspecified atom stereocenters. The van der Waals surface area contributed by atoms with E-state index in [1.165, 1.54) is 0 Å². The standard InChI is InChI=1S/C21H21NO3/c23-14-18-17-8-4-5-9-19(17)25-20(12-16-13-22-10-11-24-16)21(18)15-6-2-1-3-7-15/h1-9,14,16,18,22H,10-13H2. The van der Waals surface area contributed by atoms with E-state index in [1.54, 1.807) is 0 Å². The summed E-state index contributed by atoms with van der Waals surface area (Å²) in [6.45, 7) is 2.37. The number of hydrogen-bond acceptors (Lipinski definition) is 4. The Morgan fingerprint density at radius 1 is 1.08 bits per heavy atom. The first kappa shape index (κ1) is 16.1. The normalized spacial score (nSPS) is 22.9. The fraction of sp³-hybridized carbons (Fsp3) is 0.286. The summed E-state index contributed by atoms with van der Waals surface area (Å²) in [7, 11) is 0. The molecule has 0 aromatic heterocycles. The molecule has 4 heteroatoms. The highest BCUT2D eigenvalue weighted by molar-refractivity contribution is 5.89. The Morgan fingerprint density at radius 3 is 2.64 bits per heavy atom. The van der Waals surface area contributed by atoms with Crippen LogP contribution in [0.3, 0.4) is 0 Å². The number of benzene rings is 2. The molecule has 2 aromatic carbocycles. The van der Waals surface area contributed by atoms with Crippen molar-refractivity contribution in [3.8, 4) is 5.75 Å². The first-order chi connectivity index (χ1) is 12.4. The third-order valence-electron chi connectivity index (χ3n) is 4.74. The molecule has 4 rings (SSSR count). The molecule has 2 aromatic rings. The summed E-state index contributed by atoms with van der Waals surface area (Å²) in [5.74, 6) is 1.27. The van der Waals surface area contributed by atoms with Gasteiger partial charge in [-0.1, -0.05) is 48.5 Å². The van der Waals surface area contributed by atoms with E-state index in [4.69, 9.17) is 9.47 Å². The molecule has 0 bridgehead atoms. The van der Waals surface area contributed by atoms with Gasteiger partial charge in [0.2, 0.25) is 0 Å². The highest BCUT2D eigenvalue weighted by atomic mass is 16.5. The predicted octanol–water partition coefficient (Wildman–Crippen LogP) is 3.15. The second-order valence-corrected chi connectivity index (χ2v) is 6.36.